The van der Waals surface area contributed by atoms with E-state index in [9.17, 15) is 21.6 Å². The quantitative estimate of drug-likeness (QED) is 0.564. The van der Waals surface area contributed by atoms with Crippen molar-refractivity contribution in [3.63, 3.8) is 0 Å². The van der Waals surface area contributed by atoms with Gasteiger partial charge in [-0.05, 0) is 49.9 Å². The lowest BCUT2D eigenvalue weighted by Crippen LogP contribution is -2.45. The number of nitrogens with one attached hydrogen (secondary N) is 1. The number of ether oxygens (including phenoxy) is 1. The zero-order chi connectivity index (χ0) is 22.5. The van der Waals surface area contributed by atoms with Crippen LogP contribution < -0.4 is 10.1 Å². The number of sulfonamides is 2. The lowest BCUT2D eigenvalue weighted by atomic mass is 9.99. The Bertz CT molecular complexity index is 957. The van der Waals surface area contributed by atoms with Gasteiger partial charge in [-0.3, -0.25) is 4.79 Å². The second-order valence-electron chi connectivity index (χ2n) is 8.04. The molecule has 1 amide bonds. The van der Waals surface area contributed by atoms with E-state index in [0.717, 1.165) is 25.5 Å². The summed E-state index contributed by atoms with van der Waals surface area (Å²) >= 11 is 0. The van der Waals surface area contributed by atoms with Crippen LogP contribution in [0.2, 0.25) is 0 Å². The Hall–Kier alpha value is -1.69. The predicted octanol–water partition coefficient (Wildman–Crippen LogP) is 1.03. The van der Waals surface area contributed by atoms with Gasteiger partial charge < -0.3 is 10.1 Å². The molecular formula is C20H31N3O6S2. The summed E-state index contributed by atoms with van der Waals surface area (Å²) in [5, 5.41) is 2.79. The molecule has 0 spiro atoms. The van der Waals surface area contributed by atoms with Crippen LogP contribution in [0.1, 0.15) is 32.1 Å². The van der Waals surface area contributed by atoms with Crippen molar-refractivity contribution in [2.75, 3.05) is 45.6 Å². The summed E-state index contributed by atoms with van der Waals surface area (Å²) in [5.74, 6) is -0.0181. The molecule has 31 heavy (non-hydrogen) atoms. The Morgan fingerprint density at radius 2 is 1.65 bits per heavy atom. The first-order valence-corrected chi connectivity index (χ1v) is 13.9. The fourth-order valence-electron chi connectivity index (χ4n) is 3.91. The summed E-state index contributed by atoms with van der Waals surface area (Å²) in [6.07, 6.45) is 5.31. The van der Waals surface area contributed by atoms with E-state index in [0.29, 0.717) is 38.2 Å². The van der Waals surface area contributed by atoms with Crippen LogP contribution in [-0.2, 0) is 24.8 Å². The maximum atomic E-state index is 12.7. The third kappa shape index (κ3) is 6.41. The molecule has 1 N–H and O–H groups in total. The minimum atomic E-state index is -3.47. The molecule has 1 aromatic rings. The average molecular weight is 474 g/mol. The van der Waals surface area contributed by atoms with Crippen molar-refractivity contribution in [1.29, 1.82) is 0 Å². The van der Waals surface area contributed by atoms with Crippen molar-refractivity contribution >= 4 is 26.0 Å². The fourth-order valence-corrected chi connectivity index (χ4v) is 6.34. The van der Waals surface area contributed by atoms with Crippen LogP contribution in [0.3, 0.4) is 0 Å². The maximum Gasteiger partial charge on any atom is 0.243 e. The molecule has 2 fully saturated rings. The van der Waals surface area contributed by atoms with Crippen LogP contribution in [0, 0.1) is 5.92 Å². The summed E-state index contributed by atoms with van der Waals surface area (Å²) in [7, 11) is -6.76. The molecule has 0 aromatic heterocycles. The molecule has 9 nitrogen and oxygen atoms in total. The van der Waals surface area contributed by atoms with Gasteiger partial charge in [-0.25, -0.2) is 21.1 Å². The summed E-state index contributed by atoms with van der Waals surface area (Å²) in [6.45, 7) is 2.29. The molecule has 0 radical (unpaired) electrons. The standard InChI is InChI=1S/C20H31N3O6S2/c1-30(25,26)23-14-5-6-17(16-23)20(24)21-11-15-29-18-7-9-19(10-8-18)31(27,28)22-12-3-2-4-13-22/h7-10,17H,2-6,11-16H2,1H3,(H,21,24)/t17-/m1/s1. The highest BCUT2D eigenvalue weighted by Gasteiger charge is 2.30. The van der Waals surface area contributed by atoms with Crippen LogP contribution in [0.25, 0.3) is 0 Å². The zero-order valence-electron chi connectivity index (χ0n) is 17.8. The molecule has 174 valence electrons. The summed E-state index contributed by atoms with van der Waals surface area (Å²) in [5.41, 5.74) is 0. The minimum absolute atomic E-state index is 0.181. The van der Waals surface area contributed by atoms with Gasteiger partial charge in [0.25, 0.3) is 0 Å². The van der Waals surface area contributed by atoms with E-state index in [1.807, 2.05) is 0 Å². The molecule has 2 saturated heterocycles. The largest absolute Gasteiger partial charge is 0.492 e. The predicted molar refractivity (Wildman–Crippen MR) is 117 cm³/mol. The third-order valence-electron chi connectivity index (χ3n) is 5.67. The molecule has 2 heterocycles. The van der Waals surface area contributed by atoms with Crippen molar-refractivity contribution in [3.8, 4) is 5.75 Å². The highest BCUT2D eigenvalue weighted by Crippen LogP contribution is 2.23. The monoisotopic (exact) mass is 473 g/mol. The number of hydrogen-bond acceptors (Lipinski definition) is 6. The molecule has 0 unspecified atom stereocenters. The van der Waals surface area contributed by atoms with E-state index >= 15 is 0 Å². The Morgan fingerprint density at radius 3 is 2.29 bits per heavy atom. The summed E-state index contributed by atoms with van der Waals surface area (Å²) < 4.78 is 57.2. The van der Waals surface area contributed by atoms with Crippen molar-refractivity contribution in [1.82, 2.24) is 13.9 Å². The van der Waals surface area contributed by atoms with Gasteiger partial charge in [0.1, 0.15) is 12.4 Å². The van der Waals surface area contributed by atoms with Gasteiger partial charge in [0.15, 0.2) is 0 Å². The van der Waals surface area contributed by atoms with Crippen molar-refractivity contribution in [2.24, 2.45) is 5.92 Å². The topological polar surface area (TPSA) is 113 Å². The molecule has 3 rings (SSSR count). The van der Waals surface area contributed by atoms with E-state index in [1.54, 1.807) is 24.3 Å². The lowest BCUT2D eigenvalue weighted by Gasteiger charge is -2.30. The second-order valence-corrected chi connectivity index (χ2v) is 12.0. The minimum Gasteiger partial charge on any atom is -0.492 e. The van der Waals surface area contributed by atoms with E-state index < -0.39 is 20.0 Å². The highest BCUT2D eigenvalue weighted by atomic mass is 32.2. The number of carbonyl (C=O) groups is 1. The number of carbonyl (C=O) groups excluding carboxylic acids is 1. The number of benzene rings is 1. The maximum absolute atomic E-state index is 12.7. The average Bonchev–Trinajstić information content (AvgIpc) is 2.77. The Balaban J connectivity index is 1.44. The first-order chi connectivity index (χ1) is 14.7. The molecule has 1 atom stereocenters. The van der Waals surface area contributed by atoms with Crippen LogP contribution in [0.15, 0.2) is 29.2 Å². The fraction of sp³-hybridized carbons (Fsp3) is 0.650. The van der Waals surface area contributed by atoms with Crippen LogP contribution >= 0.6 is 0 Å². The highest BCUT2D eigenvalue weighted by molar-refractivity contribution is 7.89. The molecule has 2 aliphatic heterocycles. The van der Waals surface area contributed by atoms with Gasteiger partial charge in [-0.1, -0.05) is 6.42 Å². The third-order valence-corrected chi connectivity index (χ3v) is 8.85. The molecule has 0 bridgehead atoms. The van der Waals surface area contributed by atoms with Gasteiger partial charge in [-0.2, -0.15) is 4.31 Å². The van der Waals surface area contributed by atoms with Crippen LogP contribution in [0.4, 0.5) is 0 Å². The molecule has 0 aliphatic carbocycles. The van der Waals surface area contributed by atoms with Crippen molar-refractivity contribution in [3.05, 3.63) is 24.3 Å². The first-order valence-electron chi connectivity index (χ1n) is 10.6. The summed E-state index contributed by atoms with van der Waals surface area (Å²) in [4.78, 5) is 12.6. The molecule has 0 saturated carbocycles. The Kier molecular flexibility index (Phi) is 7.95. The number of rotatable bonds is 8. The second kappa shape index (κ2) is 10.3. The van der Waals surface area contributed by atoms with Crippen LogP contribution in [0.5, 0.6) is 5.75 Å². The number of amides is 1. The van der Waals surface area contributed by atoms with Gasteiger partial charge in [0.05, 0.1) is 23.6 Å². The van der Waals surface area contributed by atoms with Gasteiger partial charge in [0.2, 0.25) is 26.0 Å². The van der Waals surface area contributed by atoms with E-state index in [-0.39, 0.29) is 36.4 Å². The number of nitrogens with zero attached hydrogens (tertiary/aromatic N) is 2. The van der Waals surface area contributed by atoms with E-state index in [1.165, 1.54) is 8.61 Å². The Labute approximate surface area is 184 Å². The molecular weight excluding hydrogens is 442 g/mol. The first kappa shape index (κ1) is 24.0. The van der Waals surface area contributed by atoms with Crippen molar-refractivity contribution < 1.29 is 26.4 Å². The van der Waals surface area contributed by atoms with E-state index in [2.05, 4.69) is 5.32 Å². The van der Waals surface area contributed by atoms with Gasteiger partial charge >= 0.3 is 0 Å². The van der Waals surface area contributed by atoms with Crippen LogP contribution in [-0.4, -0.2) is 76.9 Å². The van der Waals surface area contributed by atoms with Crippen molar-refractivity contribution in [2.45, 2.75) is 37.0 Å². The molecule has 2 aliphatic rings. The SMILES string of the molecule is CS(=O)(=O)N1CCC[C@@H](C(=O)NCCOc2ccc(S(=O)(=O)N3CCCCC3)cc2)C1. The normalized spacial score (nSPS) is 21.5. The molecule has 11 heteroatoms. The molecule has 1 aromatic carbocycles. The smallest absolute Gasteiger partial charge is 0.243 e. The lowest BCUT2D eigenvalue weighted by molar-refractivity contribution is -0.126. The number of piperidine rings is 2. The number of hydrogen-bond donors (Lipinski definition) is 1. The zero-order valence-corrected chi connectivity index (χ0v) is 19.5. The van der Waals surface area contributed by atoms with Gasteiger partial charge in [-0.15, -0.1) is 0 Å². The van der Waals surface area contributed by atoms with E-state index in [4.69, 9.17) is 4.74 Å². The summed E-state index contributed by atoms with van der Waals surface area (Å²) in [6, 6.07) is 6.31. The Morgan fingerprint density at radius 1 is 1.00 bits per heavy atom. The van der Waals surface area contributed by atoms with Gasteiger partial charge in [0, 0.05) is 26.2 Å².